The Bertz CT molecular complexity index is 1140. The zero-order valence-corrected chi connectivity index (χ0v) is 17.0. The molecule has 0 aliphatic carbocycles. The molecule has 12 heteroatoms. The Morgan fingerprint density at radius 2 is 1.84 bits per heavy atom. The Kier molecular flexibility index (Phi) is 6.61. The second-order valence-corrected chi connectivity index (χ2v) is 6.03. The molecule has 32 heavy (non-hydrogen) atoms. The highest BCUT2D eigenvalue weighted by molar-refractivity contribution is 6.17. The molecule has 168 valence electrons. The molecule has 0 N–H and O–H groups in total. The summed E-state index contributed by atoms with van der Waals surface area (Å²) < 4.78 is 63.9. The van der Waals surface area contributed by atoms with Gasteiger partial charge in [0.25, 0.3) is 0 Å². The molecule has 3 rings (SSSR count). The van der Waals surface area contributed by atoms with Gasteiger partial charge in [0.15, 0.2) is 11.5 Å². The van der Waals surface area contributed by atoms with Crippen molar-refractivity contribution < 1.29 is 41.4 Å². The predicted molar refractivity (Wildman–Crippen MR) is 103 cm³/mol. The molecule has 0 aliphatic rings. The first-order chi connectivity index (χ1) is 15.3. The predicted octanol–water partition coefficient (Wildman–Crippen LogP) is 4.11. The molecule has 0 fully saturated rings. The molecule has 0 bridgehead atoms. The average molecular weight is 451 g/mol. The number of carbonyl (C=O) groups is 1. The number of hydrogen-bond acceptors (Lipinski definition) is 9. The van der Waals surface area contributed by atoms with Crippen molar-refractivity contribution in [3.63, 3.8) is 0 Å². The van der Waals surface area contributed by atoms with Gasteiger partial charge in [-0.05, 0) is 12.1 Å². The standard InChI is InChI=1S/C20H16F3N3O6/c1-28-9-13(19(27)30-3)16-17(29-2)24-10-25-18(16)31-12-6-4-5-11(7-12)14-8-15(26-32-14)20(21,22)23/h4-10H,1-3H3/b13-9-. The van der Waals surface area contributed by atoms with E-state index in [1.807, 2.05) is 0 Å². The Labute approximate surface area is 179 Å². The summed E-state index contributed by atoms with van der Waals surface area (Å²) >= 11 is 0. The van der Waals surface area contributed by atoms with E-state index in [0.717, 1.165) is 18.7 Å². The highest BCUT2D eigenvalue weighted by Crippen LogP contribution is 2.36. The van der Waals surface area contributed by atoms with Gasteiger partial charge in [-0.25, -0.2) is 14.8 Å². The lowest BCUT2D eigenvalue weighted by atomic mass is 10.1. The monoisotopic (exact) mass is 451 g/mol. The summed E-state index contributed by atoms with van der Waals surface area (Å²) in [5.41, 5.74) is -0.917. The number of alkyl halides is 3. The van der Waals surface area contributed by atoms with Gasteiger partial charge in [0.1, 0.15) is 23.2 Å². The van der Waals surface area contributed by atoms with Crippen LogP contribution in [0.15, 0.2) is 47.4 Å². The smallest absolute Gasteiger partial charge is 0.436 e. The van der Waals surface area contributed by atoms with E-state index in [9.17, 15) is 18.0 Å². The summed E-state index contributed by atoms with van der Waals surface area (Å²) in [7, 11) is 3.84. The van der Waals surface area contributed by atoms with Gasteiger partial charge >= 0.3 is 12.1 Å². The lowest BCUT2D eigenvalue weighted by molar-refractivity contribution is -0.142. The quantitative estimate of drug-likeness (QED) is 0.298. The van der Waals surface area contributed by atoms with Gasteiger partial charge in [-0.1, -0.05) is 17.3 Å². The number of esters is 1. The number of rotatable bonds is 7. The highest BCUT2D eigenvalue weighted by atomic mass is 19.4. The number of benzene rings is 1. The molecule has 2 heterocycles. The maximum Gasteiger partial charge on any atom is 0.436 e. The fourth-order valence-corrected chi connectivity index (χ4v) is 2.62. The van der Waals surface area contributed by atoms with Gasteiger partial charge in [-0.3, -0.25) is 0 Å². The van der Waals surface area contributed by atoms with Crippen LogP contribution in [0.5, 0.6) is 17.5 Å². The summed E-state index contributed by atoms with van der Waals surface area (Å²) in [5, 5.41) is 3.04. The third-order valence-corrected chi connectivity index (χ3v) is 4.02. The molecular weight excluding hydrogens is 435 g/mol. The summed E-state index contributed by atoms with van der Waals surface area (Å²) in [5.74, 6) is -0.782. The van der Waals surface area contributed by atoms with Crippen LogP contribution in [0.1, 0.15) is 11.3 Å². The van der Waals surface area contributed by atoms with Crippen molar-refractivity contribution in [3.8, 4) is 28.8 Å². The van der Waals surface area contributed by atoms with Crippen LogP contribution in [-0.2, 0) is 20.4 Å². The Balaban J connectivity index is 2.01. The number of carbonyl (C=O) groups excluding carboxylic acids is 1. The van der Waals surface area contributed by atoms with E-state index < -0.39 is 17.8 Å². The van der Waals surface area contributed by atoms with Crippen LogP contribution in [0.25, 0.3) is 16.9 Å². The summed E-state index contributed by atoms with van der Waals surface area (Å²) in [6.07, 6.45) is -2.38. The molecule has 0 aliphatic heterocycles. The number of methoxy groups -OCH3 is 3. The van der Waals surface area contributed by atoms with Gasteiger partial charge in [0.05, 0.1) is 27.6 Å². The number of ether oxygens (including phenoxy) is 4. The van der Waals surface area contributed by atoms with Crippen LogP contribution in [0.3, 0.4) is 0 Å². The van der Waals surface area contributed by atoms with E-state index in [4.69, 9.17) is 23.5 Å². The van der Waals surface area contributed by atoms with Crippen LogP contribution in [0.2, 0.25) is 0 Å². The molecule has 0 spiro atoms. The van der Waals surface area contributed by atoms with Crippen LogP contribution in [0, 0.1) is 0 Å². The summed E-state index contributed by atoms with van der Waals surface area (Å²) in [6.45, 7) is 0. The molecule has 2 aromatic heterocycles. The van der Waals surface area contributed by atoms with E-state index in [1.165, 1.54) is 45.6 Å². The Hall–Kier alpha value is -4.09. The van der Waals surface area contributed by atoms with Crippen molar-refractivity contribution in [3.05, 3.63) is 54.2 Å². The number of hydrogen-bond donors (Lipinski definition) is 0. The summed E-state index contributed by atoms with van der Waals surface area (Å²) in [4.78, 5) is 20.3. The molecular formula is C20H16F3N3O6. The SMILES string of the molecule is CO/C=C(\C(=O)OC)c1c(OC)ncnc1Oc1cccc(-c2cc(C(F)(F)F)no2)c1. The molecule has 1 aromatic carbocycles. The topological polar surface area (TPSA) is 106 Å². The minimum absolute atomic E-state index is 0.00454. The van der Waals surface area contributed by atoms with Crippen molar-refractivity contribution in [2.24, 2.45) is 0 Å². The fourth-order valence-electron chi connectivity index (χ4n) is 2.62. The fraction of sp³-hybridized carbons (Fsp3) is 0.200. The van der Waals surface area contributed by atoms with Crippen molar-refractivity contribution in [2.75, 3.05) is 21.3 Å². The first-order valence-corrected chi connectivity index (χ1v) is 8.81. The maximum atomic E-state index is 12.8. The molecule has 3 aromatic rings. The first-order valence-electron chi connectivity index (χ1n) is 8.81. The third kappa shape index (κ3) is 4.79. The van der Waals surface area contributed by atoms with E-state index in [2.05, 4.69) is 15.1 Å². The van der Waals surface area contributed by atoms with E-state index >= 15 is 0 Å². The first kappa shape index (κ1) is 22.6. The van der Waals surface area contributed by atoms with Gasteiger partial charge in [-0.15, -0.1) is 0 Å². The zero-order valence-electron chi connectivity index (χ0n) is 17.0. The number of aromatic nitrogens is 3. The normalized spacial score (nSPS) is 11.8. The van der Waals surface area contributed by atoms with Gasteiger partial charge in [0.2, 0.25) is 11.8 Å². The van der Waals surface area contributed by atoms with E-state index in [0.29, 0.717) is 0 Å². The van der Waals surface area contributed by atoms with Gasteiger partial charge in [-0.2, -0.15) is 13.2 Å². The molecule has 0 atom stereocenters. The van der Waals surface area contributed by atoms with Crippen molar-refractivity contribution >= 4 is 11.5 Å². The molecule has 0 radical (unpaired) electrons. The minimum atomic E-state index is -4.64. The number of nitrogens with zero attached hydrogens (tertiary/aromatic N) is 3. The average Bonchev–Trinajstić information content (AvgIpc) is 3.28. The largest absolute Gasteiger partial charge is 0.503 e. The molecule has 0 unspecified atom stereocenters. The molecule has 0 saturated heterocycles. The molecule has 0 amide bonds. The second kappa shape index (κ2) is 9.37. The Morgan fingerprint density at radius 3 is 2.47 bits per heavy atom. The van der Waals surface area contributed by atoms with Gasteiger partial charge < -0.3 is 23.5 Å². The van der Waals surface area contributed by atoms with Crippen molar-refractivity contribution in [1.82, 2.24) is 15.1 Å². The molecule has 0 saturated carbocycles. The van der Waals surface area contributed by atoms with Gasteiger partial charge in [0, 0.05) is 11.6 Å². The van der Waals surface area contributed by atoms with Crippen LogP contribution < -0.4 is 9.47 Å². The highest BCUT2D eigenvalue weighted by Gasteiger charge is 2.35. The summed E-state index contributed by atoms with van der Waals surface area (Å²) in [6, 6.07) is 6.76. The lowest BCUT2D eigenvalue weighted by Gasteiger charge is -2.14. The number of halogens is 3. The van der Waals surface area contributed by atoms with Crippen LogP contribution in [0.4, 0.5) is 13.2 Å². The second-order valence-electron chi connectivity index (χ2n) is 6.03. The zero-order chi connectivity index (χ0) is 23.3. The minimum Gasteiger partial charge on any atom is -0.503 e. The van der Waals surface area contributed by atoms with Crippen LogP contribution >= 0.6 is 0 Å². The van der Waals surface area contributed by atoms with Crippen molar-refractivity contribution in [1.29, 1.82) is 0 Å². The Morgan fingerprint density at radius 1 is 1.09 bits per heavy atom. The van der Waals surface area contributed by atoms with Crippen LogP contribution in [-0.4, -0.2) is 42.4 Å². The third-order valence-electron chi connectivity index (χ3n) is 4.02. The van der Waals surface area contributed by atoms with E-state index in [1.54, 1.807) is 0 Å². The molecule has 9 nitrogen and oxygen atoms in total. The maximum absolute atomic E-state index is 12.8. The van der Waals surface area contributed by atoms with E-state index in [-0.39, 0.29) is 40.0 Å². The van der Waals surface area contributed by atoms with Crippen molar-refractivity contribution in [2.45, 2.75) is 6.18 Å². The lowest BCUT2D eigenvalue weighted by Crippen LogP contribution is -2.09.